The lowest BCUT2D eigenvalue weighted by Gasteiger charge is -2.36. The van der Waals surface area contributed by atoms with Gasteiger partial charge in [-0.05, 0) is 6.92 Å². The van der Waals surface area contributed by atoms with Crippen LogP contribution in [0.1, 0.15) is 6.92 Å². The molecule has 0 saturated carbocycles. The van der Waals surface area contributed by atoms with E-state index in [-0.39, 0.29) is 17.8 Å². The van der Waals surface area contributed by atoms with E-state index in [1.807, 2.05) is 4.90 Å². The molecule has 0 aliphatic carbocycles. The fourth-order valence-corrected chi connectivity index (χ4v) is 3.25. The second kappa shape index (κ2) is 6.21. The van der Waals surface area contributed by atoms with E-state index in [1.54, 1.807) is 16.7 Å². The molecule has 8 nitrogen and oxygen atoms in total. The third-order valence-corrected chi connectivity index (χ3v) is 4.53. The Labute approximate surface area is 129 Å². The first kappa shape index (κ1) is 15.2. The van der Waals surface area contributed by atoms with E-state index in [2.05, 4.69) is 0 Å². The quantitative estimate of drug-likeness (QED) is 0.613. The number of hydrogen-bond acceptors (Lipinski definition) is 5. The van der Waals surface area contributed by atoms with Crippen LogP contribution in [0, 0.1) is 0 Å². The van der Waals surface area contributed by atoms with Crippen molar-refractivity contribution in [1.82, 2.24) is 19.6 Å². The summed E-state index contributed by atoms with van der Waals surface area (Å²) < 4.78 is 5.24. The van der Waals surface area contributed by atoms with Crippen molar-refractivity contribution < 1.29 is 19.1 Å². The van der Waals surface area contributed by atoms with Crippen LogP contribution in [-0.4, -0.2) is 103 Å². The Kier molecular flexibility index (Phi) is 4.30. The molecule has 3 saturated heterocycles. The molecule has 3 heterocycles. The summed E-state index contributed by atoms with van der Waals surface area (Å²) in [5.74, 6) is -0.0723. The van der Waals surface area contributed by atoms with Crippen LogP contribution in [0.4, 0.5) is 4.79 Å². The second-order valence-electron chi connectivity index (χ2n) is 5.80. The molecule has 8 heteroatoms. The molecule has 0 aromatic heterocycles. The summed E-state index contributed by atoms with van der Waals surface area (Å²) in [5.41, 5.74) is 0. The molecule has 0 radical (unpaired) electrons. The van der Waals surface area contributed by atoms with Crippen molar-refractivity contribution >= 4 is 17.8 Å². The fraction of sp³-hybridized carbons (Fsp3) is 0.786. The van der Waals surface area contributed by atoms with Crippen molar-refractivity contribution in [3.63, 3.8) is 0 Å². The lowest BCUT2D eigenvalue weighted by molar-refractivity contribution is -0.138. The molecular formula is C14H22N4O4. The van der Waals surface area contributed by atoms with Gasteiger partial charge in [0, 0.05) is 39.3 Å². The first-order valence-corrected chi connectivity index (χ1v) is 7.81. The molecule has 0 unspecified atom stereocenters. The summed E-state index contributed by atoms with van der Waals surface area (Å²) in [6.07, 6.45) is 0. The van der Waals surface area contributed by atoms with Gasteiger partial charge in [-0.25, -0.2) is 4.79 Å². The summed E-state index contributed by atoms with van der Waals surface area (Å²) in [6.45, 7) is 6.50. The van der Waals surface area contributed by atoms with Gasteiger partial charge in [0.15, 0.2) is 0 Å². The Morgan fingerprint density at radius 1 is 1.18 bits per heavy atom. The second-order valence-corrected chi connectivity index (χ2v) is 5.80. The molecule has 0 aromatic carbocycles. The fourth-order valence-electron chi connectivity index (χ4n) is 3.25. The summed E-state index contributed by atoms with van der Waals surface area (Å²) in [6, 6.07) is -0.629. The number of imide groups is 1. The first-order chi connectivity index (χ1) is 10.6. The molecular weight excluding hydrogens is 288 g/mol. The van der Waals surface area contributed by atoms with Gasteiger partial charge in [0.05, 0.1) is 19.8 Å². The van der Waals surface area contributed by atoms with Crippen molar-refractivity contribution in [1.29, 1.82) is 0 Å². The lowest BCUT2D eigenvalue weighted by Crippen LogP contribution is -2.55. The van der Waals surface area contributed by atoms with E-state index < -0.39 is 6.04 Å². The number of morpholine rings is 1. The highest BCUT2D eigenvalue weighted by atomic mass is 16.5. The number of nitrogens with zero attached hydrogens (tertiary/aromatic N) is 4. The van der Waals surface area contributed by atoms with Crippen LogP contribution in [0.2, 0.25) is 0 Å². The third-order valence-electron chi connectivity index (χ3n) is 4.53. The van der Waals surface area contributed by atoms with E-state index in [1.165, 1.54) is 4.90 Å². The summed E-state index contributed by atoms with van der Waals surface area (Å²) in [4.78, 5) is 43.3. The van der Waals surface area contributed by atoms with Crippen molar-refractivity contribution in [3.05, 3.63) is 0 Å². The van der Waals surface area contributed by atoms with Gasteiger partial charge in [-0.15, -0.1) is 0 Å². The number of fused-ring (bicyclic) bond motifs is 1. The monoisotopic (exact) mass is 310 g/mol. The van der Waals surface area contributed by atoms with Gasteiger partial charge in [-0.2, -0.15) is 0 Å². The van der Waals surface area contributed by atoms with Crippen LogP contribution >= 0.6 is 0 Å². The molecule has 0 aromatic rings. The van der Waals surface area contributed by atoms with Crippen LogP contribution in [0.15, 0.2) is 0 Å². The molecule has 3 fully saturated rings. The van der Waals surface area contributed by atoms with E-state index in [0.29, 0.717) is 59.0 Å². The van der Waals surface area contributed by atoms with Crippen LogP contribution in [0.5, 0.6) is 0 Å². The Morgan fingerprint density at radius 3 is 2.59 bits per heavy atom. The zero-order valence-electron chi connectivity index (χ0n) is 12.9. The van der Waals surface area contributed by atoms with Gasteiger partial charge in [0.25, 0.3) is 5.91 Å². The number of likely N-dealkylation sites (N-methyl/N-ethyl adjacent to an activating group) is 1. The van der Waals surface area contributed by atoms with Crippen LogP contribution in [-0.2, 0) is 14.3 Å². The SMILES string of the molecule is CCN1C(=O)[C@H]2CN(CC(=O)N3CCOCC3)CCN2C1=O. The Morgan fingerprint density at radius 2 is 1.91 bits per heavy atom. The predicted octanol–water partition coefficient (Wildman–Crippen LogP) is -1.19. The normalized spacial score (nSPS) is 26.6. The number of carbonyl (C=O) groups excluding carboxylic acids is 3. The maximum Gasteiger partial charge on any atom is 0.327 e. The van der Waals surface area contributed by atoms with Crippen molar-refractivity contribution in [2.24, 2.45) is 0 Å². The molecule has 3 aliphatic rings. The van der Waals surface area contributed by atoms with Crippen molar-refractivity contribution in [2.45, 2.75) is 13.0 Å². The molecule has 4 amide bonds. The van der Waals surface area contributed by atoms with Gasteiger partial charge in [-0.1, -0.05) is 0 Å². The highest BCUT2D eigenvalue weighted by Crippen LogP contribution is 2.21. The van der Waals surface area contributed by atoms with Crippen molar-refractivity contribution in [3.8, 4) is 0 Å². The minimum atomic E-state index is -0.432. The van der Waals surface area contributed by atoms with Gasteiger partial charge in [0.1, 0.15) is 6.04 Å². The van der Waals surface area contributed by atoms with Gasteiger partial charge in [-0.3, -0.25) is 19.4 Å². The molecule has 22 heavy (non-hydrogen) atoms. The number of urea groups is 1. The molecule has 3 aliphatic heterocycles. The third kappa shape index (κ3) is 2.68. The van der Waals surface area contributed by atoms with Crippen LogP contribution in [0.25, 0.3) is 0 Å². The molecule has 3 rings (SSSR count). The zero-order chi connectivity index (χ0) is 15.7. The lowest BCUT2D eigenvalue weighted by atomic mass is 10.2. The number of amides is 4. The smallest absolute Gasteiger partial charge is 0.327 e. The summed E-state index contributed by atoms with van der Waals surface area (Å²) >= 11 is 0. The number of piperazine rings is 1. The number of hydrogen-bond donors (Lipinski definition) is 0. The van der Waals surface area contributed by atoms with E-state index in [4.69, 9.17) is 4.74 Å². The number of carbonyl (C=O) groups is 3. The highest BCUT2D eigenvalue weighted by molar-refractivity contribution is 6.04. The molecule has 1 atom stereocenters. The van der Waals surface area contributed by atoms with Crippen LogP contribution in [0.3, 0.4) is 0 Å². The minimum Gasteiger partial charge on any atom is -0.378 e. The highest BCUT2D eigenvalue weighted by Gasteiger charge is 2.47. The standard InChI is InChI=1S/C14H22N4O4/c1-2-17-13(20)11-9-15(3-4-18(11)14(17)21)10-12(19)16-5-7-22-8-6-16/h11H,2-10H2,1H3/t11-/m1/s1. The van der Waals surface area contributed by atoms with Gasteiger partial charge < -0.3 is 14.5 Å². The topological polar surface area (TPSA) is 73.4 Å². The minimum absolute atomic E-state index is 0.0703. The van der Waals surface area contributed by atoms with E-state index in [9.17, 15) is 14.4 Å². The van der Waals surface area contributed by atoms with Crippen LogP contribution < -0.4 is 0 Å². The molecule has 0 N–H and O–H groups in total. The molecule has 0 bridgehead atoms. The largest absolute Gasteiger partial charge is 0.378 e. The maximum absolute atomic E-state index is 12.3. The van der Waals surface area contributed by atoms with E-state index in [0.717, 1.165) is 0 Å². The summed E-state index contributed by atoms with van der Waals surface area (Å²) in [5, 5.41) is 0. The maximum atomic E-state index is 12.3. The Hall–Kier alpha value is -1.67. The average Bonchev–Trinajstić information content (AvgIpc) is 2.79. The number of ether oxygens (including phenoxy) is 1. The number of rotatable bonds is 3. The van der Waals surface area contributed by atoms with Gasteiger partial charge in [0.2, 0.25) is 5.91 Å². The zero-order valence-corrected chi connectivity index (χ0v) is 12.9. The summed E-state index contributed by atoms with van der Waals surface area (Å²) in [7, 11) is 0. The predicted molar refractivity (Wildman–Crippen MR) is 77.1 cm³/mol. The Balaban J connectivity index is 1.58. The Bertz CT molecular complexity index is 477. The van der Waals surface area contributed by atoms with Crippen molar-refractivity contribution in [2.75, 3.05) is 59.0 Å². The molecule has 0 spiro atoms. The molecule has 122 valence electrons. The van der Waals surface area contributed by atoms with E-state index >= 15 is 0 Å². The van der Waals surface area contributed by atoms with Gasteiger partial charge >= 0.3 is 6.03 Å². The average molecular weight is 310 g/mol. The first-order valence-electron chi connectivity index (χ1n) is 7.81.